The second-order valence-electron chi connectivity index (χ2n) is 7.82. The highest BCUT2D eigenvalue weighted by Crippen LogP contribution is 2.52. The predicted octanol–water partition coefficient (Wildman–Crippen LogP) is 5.03. The van der Waals surface area contributed by atoms with Gasteiger partial charge in [0.2, 0.25) is 0 Å². The largest absolute Gasteiger partial charge is 0.426 e. The van der Waals surface area contributed by atoms with Crippen LogP contribution in [-0.2, 0) is 9.53 Å². The van der Waals surface area contributed by atoms with Crippen molar-refractivity contribution in [3.8, 4) is 0 Å². The van der Waals surface area contributed by atoms with E-state index in [2.05, 4.69) is 45.1 Å². The van der Waals surface area contributed by atoms with Gasteiger partial charge in [0.1, 0.15) is 5.76 Å². The van der Waals surface area contributed by atoms with Crippen LogP contribution < -0.4 is 0 Å². The third-order valence-corrected chi connectivity index (χ3v) is 4.55. The Bertz CT molecular complexity index is 514. The molecule has 0 aromatic rings. The van der Waals surface area contributed by atoms with Crippen molar-refractivity contribution < 1.29 is 9.53 Å². The zero-order valence-electron chi connectivity index (χ0n) is 14.2. The molecule has 0 N–H and O–H groups in total. The van der Waals surface area contributed by atoms with Gasteiger partial charge in [0.25, 0.3) is 0 Å². The molecule has 0 bridgehead atoms. The van der Waals surface area contributed by atoms with Crippen molar-refractivity contribution in [1.29, 1.82) is 0 Å². The lowest BCUT2D eigenvalue weighted by Gasteiger charge is -2.32. The van der Waals surface area contributed by atoms with Crippen molar-refractivity contribution in [1.82, 2.24) is 0 Å². The van der Waals surface area contributed by atoms with E-state index < -0.39 is 5.41 Å². The van der Waals surface area contributed by atoms with Crippen LogP contribution in [-0.4, -0.2) is 5.97 Å². The molecule has 0 aromatic heterocycles. The van der Waals surface area contributed by atoms with Gasteiger partial charge in [0.05, 0.1) is 5.41 Å². The first-order valence-electron chi connectivity index (χ1n) is 7.99. The first-order chi connectivity index (χ1) is 9.66. The third-order valence-electron chi connectivity index (χ3n) is 4.55. The summed E-state index contributed by atoms with van der Waals surface area (Å²) in [5.41, 5.74) is 0.666. The van der Waals surface area contributed by atoms with Crippen molar-refractivity contribution in [2.45, 2.75) is 54.4 Å². The van der Waals surface area contributed by atoms with Crippen LogP contribution in [0.15, 0.2) is 35.6 Å². The van der Waals surface area contributed by atoms with Crippen LogP contribution in [0.4, 0.5) is 0 Å². The Balaban J connectivity index is 2.37. The van der Waals surface area contributed by atoms with Crippen LogP contribution in [0.3, 0.4) is 0 Å². The Hall–Kier alpha value is -1.31. The highest BCUT2D eigenvalue weighted by Gasteiger charge is 2.45. The first kappa shape index (κ1) is 16.1. The molecule has 2 rings (SSSR count). The molecule has 2 aliphatic rings. The molecule has 0 spiro atoms. The summed E-state index contributed by atoms with van der Waals surface area (Å²) >= 11 is 0. The van der Waals surface area contributed by atoms with Crippen molar-refractivity contribution >= 4 is 5.97 Å². The number of carbonyl (C=O) groups is 1. The molecule has 2 atom stereocenters. The summed E-state index contributed by atoms with van der Waals surface area (Å²) in [6.45, 7) is 12.4. The fraction of sp³-hybridized carbons (Fsp3) is 0.632. The van der Waals surface area contributed by atoms with Gasteiger partial charge in [0.15, 0.2) is 0 Å². The molecule has 0 saturated carbocycles. The molecular weight excluding hydrogens is 260 g/mol. The van der Waals surface area contributed by atoms with E-state index in [0.29, 0.717) is 11.8 Å². The van der Waals surface area contributed by atoms with E-state index in [9.17, 15) is 4.79 Å². The molecular formula is C19H28O2. The number of allylic oxidation sites excluding steroid dienone is 5. The van der Waals surface area contributed by atoms with Gasteiger partial charge in [0, 0.05) is 11.0 Å². The maximum absolute atomic E-state index is 12.3. The van der Waals surface area contributed by atoms with E-state index in [4.69, 9.17) is 4.74 Å². The molecule has 0 heterocycles. The average molecular weight is 288 g/mol. The number of hydrogen-bond donors (Lipinski definition) is 0. The number of carbonyl (C=O) groups excluding carboxylic acids is 1. The average Bonchev–Trinajstić information content (AvgIpc) is 2.51. The molecule has 0 radical (unpaired) electrons. The minimum Gasteiger partial charge on any atom is -0.426 e. The molecule has 0 amide bonds. The van der Waals surface area contributed by atoms with Gasteiger partial charge >= 0.3 is 5.97 Å². The minimum atomic E-state index is -0.478. The van der Waals surface area contributed by atoms with E-state index in [0.717, 1.165) is 18.6 Å². The standard InChI is InChI=1S/C19H28O2/c1-13(2)15-12-16(21-17(20)18(3,4)5)14-10-8-7-9-11-19(14,15)6/h9-13,15H,7-8H2,1-6H3/t15-,19-/m0/s1. The van der Waals surface area contributed by atoms with Gasteiger partial charge in [-0.3, -0.25) is 4.79 Å². The zero-order valence-corrected chi connectivity index (χ0v) is 14.2. The summed E-state index contributed by atoms with van der Waals surface area (Å²) in [4.78, 5) is 12.3. The zero-order chi connectivity index (χ0) is 15.8. The normalized spacial score (nSPS) is 28.8. The predicted molar refractivity (Wildman–Crippen MR) is 86.5 cm³/mol. The van der Waals surface area contributed by atoms with E-state index in [1.54, 1.807) is 0 Å². The van der Waals surface area contributed by atoms with Gasteiger partial charge in [-0.2, -0.15) is 0 Å². The smallest absolute Gasteiger partial charge is 0.316 e. The Morgan fingerprint density at radius 3 is 2.57 bits per heavy atom. The maximum Gasteiger partial charge on any atom is 0.316 e. The van der Waals surface area contributed by atoms with Gasteiger partial charge in [-0.15, -0.1) is 0 Å². The lowest BCUT2D eigenvalue weighted by Crippen LogP contribution is -2.27. The Morgan fingerprint density at radius 1 is 1.33 bits per heavy atom. The van der Waals surface area contributed by atoms with Gasteiger partial charge in [-0.25, -0.2) is 0 Å². The quantitative estimate of drug-likeness (QED) is 0.526. The molecule has 2 nitrogen and oxygen atoms in total. The Labute approximate surface area is 129 Å². The van der Waals surface area contributed by atoms with Crippen molar-refractivity contribution in [3.05, 3.63) is 35.6 Å². The van der Waals surface area contributed by atoms with Crippen LogP contribution in [0.2, 0.25) is 0 Å². The van der Waals surface area contributed by atoms with Crippen molar-refractivity contribution in [2.24, 2.45) is 22.7 Å². The second kappa shape index (κ2) is 5.47. The summed E-state index contributed by atoms with van der Waals surface area (Å²) in [5, 5.41) is 0. The first-order valence-corrected chi connectivity index (χ1v) is 7.99. The summed E-state index contributed by atoms with van der Waals surface area (Å²) < 4.78 is 5.77. The van der Waals surface area contributed by atoms with Crippen LogP contribution in [0.5, 0.6) is 0 Å². The van der Waals surface area contributed by atoms with Crippen LogP contribution >= 0.6 is 0 Å². The lowest BCUT2D eigenvalue weighted by molar-refractivity contribution is -0.148. The fourth-order valence-electron chi connectivity index (χ4n) is 3.27. The summed E-state index contributed by atoms with van der Waals surface area (Å²) in [5.74, 6) is 1.50. The molecule has 2 aliphatic carbocycles. The molecule has 0 saturated heterocycles. The highest BCUT2D eigenvalue weighted by molar-refractivity contribution is 5.77. The van der Waals surface area contributed by atoms with Crippen LogP contribution in [0.1, 0.15) is 54.4 Å². The van der Waals surface area contributed by atoms with Gasteiger partial charge in [-0.1, -0.05) is 39.0 Å². The van der Waals surface area contributed by atoms with Crippen molar-refractivity contribution in [3.63, 3.8) is 0 Å². The van der Waals surface area contributed by atoms with E-state index in [-0.39, 0.29) is 11.4 Å². The summed E-state index contributed by atoms with van der Waals surface area (Å²) in [7, 11) is 0. The summed E-state index contributed by atoms with van der Waals surface area (Å²) in [6, 6.07) is 0. The van der Waals surface area contributed by atoms with Gasteiger partial charge < -0.3 is 4.74 Å². The van der Waals surface area contributed by atoms with Crippen LogP contribution in [0, 0.1) is 22.7 Å². The Kier molecular flexibility index (Phi) is 4.19. The number of rotatable bonds is 2. The SMILES string of the molecule is CC(C)[C@@H]1C=C(OC(=O)C(C)(C)C)C2=CCCC=C[C@@]21C. The number of ether oxygens (including phenoxy) is 1. The number of esters is 1. The topological polar surface area (TPSA) is 26.3 Å². The van der Waals surface area contributed by atoms with E-state index in [1.165, 1.54) is 5.57 Å². The molecule has 0 unspecified atom stereocenters. The van der Waals surface area contributed by atoms with Gasteiger partial charge in [-0.05, 0) is 51.5 Å². The number of fused-ring (bicyclic) bond motifs is 1. The van der Waals surface area contributed by atoms with E-state index >= 15 is 0 Å². The molecule has 21 heavy (non-hydrogen) atoms. The lowest BCUT2D eigenvalue weighted by atomic mass is 9.71. The monoisotopic (exact) mass is 288 g/mol. The van der Waals surface area contributed by atoms with Crippen LogP contribution in [0.25, 0.3) is 0 Å². The van der Waals surface area contributed by atoms with Crippen molar-refractivity contribution in [2.75, 3.05) is 0 Å². The third kappa shape index (κ3) is 3.00. The maximum atomic E-state index is 12.3. The highest BCUT2D eigenvalue weighted by atomic mass is 16.5. The summed E-state index contributed by atoms with van der Waals surface area (Å²) in [6.07, 6.45) is 11.1. The Morgan fingerprint density at radius 2 is 2.00 bits per heavy atom. The molecule has 0 aliphatic heterocycles. The molecule has 116 valence electrons. The second-order valence-corrected chi connectivity index (χ2v) is 7.82. The fourth-order valence-corrected chi connectivity index (χ4v) is 3.27. The minimum absolute atomic E-state index is 0.0435. The molecule has 2 heteroatoms. The molecule has 0 fully saturated rings. The van der Waals surface area contributed by atoms with E-state index in [1.807, 2.05) is 20.8 Å². The molecule has 0 aromatic carbocycles. The number of hydrogen-bond acceptors (Lipinski definition) is 2.